The summed E-state index contributed by atoms with van der Waals surface area (Å²) in [5.74, 6) is 0.696. The highest BCUT2D eigenvalue weighted by Crippen LogP contribution is 2.15. The lowest BCUT2D eigenvalue weighted by atomic mass is 10.1. The van der Waals surface area contributed by atoms with E-state index >= 15 is 0 Å². The summed E-state index contributed by atoms with van der Waals surface area (Å²) in [5, 5.41) is 0. The number of hydrogen-bond donors (Lipinski definition) is 1. The van der Waals surface area contributed by atoms with Gasteiger partial charge >= 0.3 is 6.09 Å². The molecule has 6 heteroatoms. The quantitative estimate of drug-likeness (QED) is 0.474. The summed E-state index contributed by atoms with van der Waals surface area (Å²) in [4.78, 5) is 18.9. The predicted molar refractivity (Wildman–Crippen MR) is 76.0 cm³/mol. The van der Waals surface area contributed by atoms with Crippen LogP contribution in [0.15, 0.2) is 24.5 Å². The average molecular weight is 284 g/mol. The first-order valence-corrected chi connectivity index (χ1v) is 6.56. The molecule has 1 unspecified atom stereocenters. The van der Waals surface area contributed by atoms with Crippen LogP contribution >= 0.6 is 0 Å². The van der Waals surface area contributed by atoms with Crippen LogP contribution in [0.3, 0.4) is 0 Å². The van der Waals surface area contributed by atoms with Gasteiger partial charge in [-0.05, 0) is 26.8 Å². The number of carbonyl (C=O) groups is 1. The van der Waals surface area contributed by atoms with Crippen molar-refractivity contribution in [1.29, 1.82) is 0 Å². The number of rotatable bonds is 5. The molecule has 1 heterocycles. The summed E-state index contributed by atoms with van der Waals surface area (Å²) in [6, 6.07) is -0.147. The smallest absolute Gasteiger partial charge is 0.410 e. The van der Waals surface area contributed by atoms with Crippen LogP contribution in [-0.2, 0) is 14.3 Å². The highest BCUT2D eigenvalue weighted by atomic mass is 16.6. The minimum Gasteiger partial charge on any atom is -0.499 e. The van der Waals surface area contributed by atoms with Crippen molar-refractivity contribution in [3.8, 4) is 0 Å². The number of nitrogens with one attached hydrogen (secondary N) is 1. The van der Waals surface area contributed by atoms with E-state index in [1.165, 1.54) is 0 Å². The van der Waals surface area contributed by atoms with E-state index in [4.69, 9.17) is 14.3 Å². The third-order valence-electron chi connectivity index (χ3n) is 2.50. The van der Waals surface area contributed by atoms with Gasteiger partial charge in [0.15, 0.2) is 0 Å². The Kier molecular flexibility index (Phi) is 6.04. The Bertz CT molecular complexity index is 374. The first-order valence-electron chi connectivity index (χ1n) is 6.56. The van der Waals surface area contributed by atoms with Gasteiger partial charge in [0.1, 0.15) is 11.4 Å². The molecule has 1 amide bonds. The third kappa shape index (κ3) is 5.63. The number of hydroxylamine groups is 1. The first kappa shape index (κ1) is 16.5. The Balaban J connectivity index is 2.63. The standard InChI is InChI=1S/C14H24N2O4/c1-6-7-19-15-11-8-12(18-5)10-16(9-11)13(17)20-14(2,3)4/h6,8,11,15H,1,7,9-10H2,2-5H3. The molecule has 0 spiro atoms. The molecule has 114 valence electrons. The zero-order chi connectivity index (χ0) is 15.2. The molecule has 0 saturated carbocycles. The Morgan fingerprint density at radius 3 is 2.85 bits per heavy atom. The van der Waals surface area contributed by atoms with Crippen LogP contribution in [0.2, 0.25) is 0 Å². The molecular weight excluding hydrogens is 260 g/mol. The van der Waals surface area contributed by atoms with Crippen LogP contribution in [0.5, 0.6) is 0 Å². The van der Waals surface area contributed by atoms with Gasteiger partial charge in [0.25, 0.3) is 0 Å². The van der Waals surface area contributed by atoms with E-state index in [0.717, 1.165) is 0 Å². The molecule has 0 saturated heterocycles. The van der Waals surface area contributed by atoms with Gasteiger partial charge in [0.2, 0.25) is 0 Å². The maximum Gasteiger partial charge on any atom is 0.410 e. The fourth-order valence-electron chi connectivity index (χ4n) is 1.70. The molecular formula is C14H24N2O4. The lowest BCUT2D eigenvalue weighted by Crippen LogP contribution is -2.48. The van der Waals surface area contributed by atoms with Gasteiger partial charge in [0, 0.05) is 6.54 Å². The molecule has 1 aliphatic rings. The summed E-state index contributed by atoms with van der Waals surface area (Å²) in [7, 11) is 1.58. The second-order valence-electron chi connectivity index (χ2n) is 5.52. The second-order valence-corrected chi connectivity index (χ2v) is 5.52. The van der Waals surface area contributed by atoms with Crippen molar-refractivity contribution in [2.75, 3.05) is 26.8 Å². The Morgan fingerprint density at radius 2 is 2.30 bits per heavy atom. The van der Waals surface area contributed by atoms with Crippen LogP contribution in [0, 0.1) is 0 Å². The van der Waals surface area contributed by atoms with Crippen molar-refractivity contribution in [1.82, 2.24) is 10.4 Å². The molecule has 1 rings (SSSR count). The van der Waals surface area contributed by atoms with Crippen molar-refractivity contribution in [2.45, 2.75) is 32.4 Å². The molecule has 0 radical (unpaired) electrons. The Labute approximate surface area is 120 Å². The molecule has 6 nitrogen and oxygen atoms in total. The van der Waals surface area contributed by atoms with Gasteiger partial charge in [-0.15, -0.1) is 6.58 Å². The molecule has 20 heavy (non-hydrogen) atoms. The summed E-state index contributed by atoms with van der Waals surface area (Å²) in [6.07, 6.45) is 3.17. The van der Waals surface area contributed by atoms with Gasteiger partial charge in [0.05, 0.1) is 26.3 Å². The zero-order valence-electron chi connectivity index (χ0n) is 12.6. The van der Waals surface area contributed by atoms with Gasteiger partial charge in [-0.3, -0.25) is 9.74 Å². The monoisotopic (exact) mass is 284 g/mol. The fourth-order valence-corrected chi connectivity index (χ4v) is 1.70. The van der Waals surface area contributed by atoms with E-state index in [0.29, 0.717) is 25.5 Å². The normalized spacial score (nSPS) is 19.3. The van der Waals surface area contributed by atoms with E-state index < -0.39 is 5.60 Å². The van der Waals surface area contributed by atoms with Crippen molar-refractivity contribution in [3.05, 3.63) is 24.5 Å². The number of nitrogens with zero attached hydrogens (tertiary/aromatic N) is 1. The van der Waals surface area contributed by atoms with Crippen LogP contribution < -0.4 is 5.48 Å². The van der Waals surface area contributed by atoms with Gasteiger partial charge < -0.3 is 9.47 Å². The van der Waals surface area contributed by atoms with Gasteiger partial charge in [-0.2, -0.15) is 5.48 Å². The molecule has 1 atom stereocenters. The Morgan fingerprint density at radius 1 is 1.60 bits per heavy atom. The molecule has 0 fully saturated rings. The van der Waals surface area contributed by atoms with Crippen molar-refractivity contribution < 1.29 is 19.1 Å². The van der Waals surface area contributed by atoms with Crippen LogP contribution in [0.4, 0.5) is 4.79 Å². The summed E-state index contributed by atoms with van der Waals surface area (Å²) in [6.45, 7) is 10.3. The second kappa shape index (κ2) is 7.31. The van der Waals surface area contributed by atoms with Crippen molar-refractivity contribution in [3.63, 3.8) is 0 Å². The van der Waals surface area contributed by atoms with Crippen LogP contribution in [-0.4, -0.2) is 49.4 Å². The summed E-state index contributed by atoms with van der Waals surface area (Å²) in [5.41, 5.74) is 2.34. The SMILES string of the molecule is C=CCONC1C=C(OC)CN(C(=O)OC(C)(C)C)C1. The average Bonchev–Trinajstić information content (AvgIpc) is 2.36. The van der Waals surface area contributed by atoms with Crippen LogP contribution in [0.25, 0.3) is 0 Å². The summed E-state index contributed by atoms with van der Waals surface area (Å²) < 4.78 is 10.6. The van der Waals surface area contributed by atoms with E-state index in [2.05, 4.69) is 12.1 Å². The highest BCUT2D eigenvalue weighted by molar-refractivity contribution is 5.68. The molecule has 0 aliphatic carbocycles. The predicted octanol–water partition coefficient (Wildman–Crippen LogP) is 1.84. The molecule has 0 aromatic heterocycles. The molecule has 1 aliphatic heterocycles. The maximum absolute atomic E-state index is 12.1. The number of amides is 1. The lowest BCUT2D eigenvalue weighted by Gasteiger charge is -2.33. The molecule has 0 aromatic rings. The topological polar surface area (TPSA) is 60.0 Å². The molecule has 1 N–H and O–H groups in total. The van der Waals surface area contributed by atoms with Crippen molar-refractivity contribution >= 4 is 6.09 Å². The number of methoxy groups -OCH3 is 1. The maximum atomic E-state index is 12.1. The zero-order valence-corrected chi connectivity index (χ0v) is 12.6. The number of carbonyl (C=O) groups excluding carboxylic acids is 1. The van der Waals surface area contributed by atoms with E-state index in [9.17, 15) is 4.79 Å². The summed E-state index contributed by atoms with van der Waals surface area (Å²) >= 11 is 0. The Hall–Kier alpha value is -1.53. The fraction of sp³-hybridized carbons (Fsp3) is 0.643. The van der Waals surface area contributed by atoms with E-state index in [1.807, 2.05) is 26.8 Å². The number of ether oxygens (including phenoxy) is 2. The van der Waals surface area contributed by atoms with Gasteiger partial charge in [-0.25, -0.2) is 4.79 Å². The largest absolute Gasteiger partial charge is 0.499 e. The highest BCUT2D eigenvalue weighted by Gasteiger charge is 2.28. The first-order chi connectivity index (χ1) is 9.35. The minimum absolute atomic E-state index is 0.147. The van der Waals surface area contributed by atoms with Crippen LogP contribution in [0.1, 0.15) is 20.8 Å². The third-order valence-corrected chi connectivity index (χ3v) is 2.50. The molecule has 0 bridgehead atoms. The lowest BCUT2D eigenvalue weighted by molar-refractivity contribution is 0.00571. The van der Waals surface area contributed by atoms with Gasteiger partial charge in [-0.1, -0.05) is 6.08 Å². The van der Waals surface area contributed by atoms with E-state index in [-0.39, 0.29) is 12.1 Å². The van der Waals surface area contributed by atoms with Crippen molar-refractivity contribution in [2.24, 2.45) is 0 Å². The molecule has 0 aromatic carbocycles. The minimum atomic E-state index is -0.520. The number of hydrogen-bond acceptors (Lipinski definition) is 5. The van der Waals surface area contributed by atoms with E-state index in [1.54, 1.807) is 18.1 Å².